The van der Waals surface area contributed by atoms with Crippen molar-refractivity contribution >= 4 is 11.9 Å². The summed E-state index contributed by atoms with van der Waals surface area (Å²) in [5.41, 5.74) is 5.50. The number of ether oxygens (including phenoxy) is 1. The molecule has 0 saturated carbocycles. The fraction of sp³-hybridized carbons (Fsp3) is 0.818. The average Bonchev–Trinajstić information content (AvgIpc) is 2.30. The third-order valence-corrected chi connectivity index (χ3v) is 2.29. The Hall–Kier alpha value is -1.10. The fourth-order valence-electron chi connectivity index (χ4n) is 1.25. The van der Waals surface area contributed by atoms with Gasteiger partial charge in [0.05, 0.1) is 7.11 Å². The second-order valence-corrected chi connectivity index (χ2v) is 3.73. The van der Waals surface area contributed by atoms with Gasteiger partial charge in [0.25, 0.3) is 0 Å². The number of hydrogen-bond acceptors (Lipinski definition) is 4. The lowest BCUT2D eigenvalue weighted by Gasteiger charge is -2.09. The zero-order valence-corrected chi connectivity index (χ0v) is 10.1. The number of nitrogens with one attached hydrogen (secondary N) is 1. The van der Waals surface area contributed by atoms with Crippen molar-refractivity contribution in [2.45, 2.75) is 45.1 Å². The van der Waals surface area contributed by atoms with Gasteiger partial charge in [0.2, 0.25) is 5.91 Å². The Kier molecular flexibility index (Phi) is 8.52. The van der Waals surface area contributed by atoms with Crippen LogP contribution < -0.4 is 11.1 Å². The molecular formula is C11H22N2O3. The topological polar surface area (TPSA) is 81.4 Å². The monoisotopic (exact) mass is 230 g/mol. The summed E-state index contributed by atoms with van der Waals surface area (Å²) in [5.74, 6) is -0.533. The molecule has 0 aliphatic rings. The van der Waals surface area contributed by atoms with Crippen LogP contribution in [0.25, 0.3) is 0 Å². The van der Waals surface area contributed by atoms with Crippen LogP contribution in [0.15, 0.2) is 0 Å². The first-order valence-electron chi connectivity index (χ1n) is 5.72. The van der Waals surface area contributed by atoms with Crippen molar-refractivity contribution in [2.24, 2.45) is 5.73 Å². The van der Waals surface area contributed by atoms with Crippen molar-refractivity contribution < 1.29 is 14.3 Å². The molecule has 1 amide bonds. The molecule has 5 heteroatoms. The standard InChI is InChI=1S/C11H22N2O3/c1-3-4-5-8-13-10(14)7-6-9(12)11(15)16-2/h9H,3-8,12H2,1-2H3,(H,13,14). The average molecular weight is 230 g/mol. The molecule has 0 aliphatic carbocycles. The van der Waals surface area contributed by atoms with Gasteiger partial charge in [-0.25, -0.2) is 0 Å². The van der Waals surface area contributed by atoms with Crippen molar-refractivity contribution in [3.8, 4) is 0 Å². The number of carbonyl (C=O) groups excluding carboxylic acids is 2. The van der Waals surface area contributed by atoms with Crippen molar-refractivity contribution in [3.63, 3.8) is 0 Å². The summed E-state index contributed by atoms with van der Waals surface area (Å²) < 4.78 is 4.46. The van der Waals surface area contributed by atoms with Gasteiger partial charge in [-0.3, -0.25) is 9.59 Å². The second kappa shape index (κ2) is 9.15. The van der Waals surface area contributed by atoms with Crippen LogP contribution in [0.5, 0.6) is 0 Å². The molecule has 0 bridgehead atoms. The normalized spacial score (nSPS) is 11.9. The Bertz CT molecular complexity index is 219. The Morgan fingerprint density at radius 1 is 1.38 bits per heavy atom. The molecular weight excluding hydrogens is 208 g/mol. The molecule has 5 nitrogen and oxygen atoms in total. The number of methoxy groups -OCH3 is 1. The van der Waals surface area contributed by atoms with E-state index >= 15 is 0 Å². The van der Waals surface area contributed by atoms with Crippen LogP contribution in [0.1, 0.15) is 39.0 Å². The molecule has 0 saturated heterocycles. The maximum Gasteiger partial charge on any atom is 0.322 e. The third-order valence-electron chi connectivity index (χ3n) is 2.29. The quantitative estimate of drug-likeness (QED) is 0.472. The highest BCUT2D eigenvalue weighted by atomic mass is 16.5. The SMILES string of the molecule is CCCCCNC(=O)CCC(N)C(=O)OC. The minimum atomic E-state index is -0.702. The molecule has 0 aromatic carbocycles. The zero-order chi connectivity index (χ0) is 12.4. The summed E-state index contributed by atoms with van der Waals surface area (Å²) in [6, 6.07) is -0.702. The van der Waals surface area contributed by atoms with Gasteiger partial charge >= 0.3 is 5.97 Å². The summed E-state index contributed by atoms with van der Waals surface area (Å²) in [4.78, 5) is 22.2. The lowest BCUT2D eigenvalue weighted by molar-refractivity contribution is -0.142. The van der Waals surface area contributed by atoms with Gasteiger partial charge in [0.1, 0.15) is 6.04 Å². The van der Waals surface area contributed by atoms with E-state index in [2.05, 4.69) is 17.0 Å². The van der Waals surface area contributed by atoms with Crippen LogP contribution in [-0.2, 0) is 14.3 Å². The molecule has 0 fully saturated rings. The van der Waals surface area contributed by atoms with E-state index < -0.39 is 12.0 Å². The molecule has 0 rings (SSSR count). The van der Waals surface area contributed by atoms with Crippen LogP contribution in [0, 0.1) is 0 Å². The van der Waals surface area contributed by atoms with Crippen molar-refractivity contribution in [1.29, 1.82) is 0 Å². The molecule has 0 radical (unpaired) electrons. The highest BCUT2D eigenvalue weighted by Crippen LogP contribution is 1.97. The Labute approximate surface area is 96.7 Å². The highest BCUT2D eigenvalue weighted by molar-refractivity contribution is 5.79. The van der Waals surface area contributed by atoms with Crippen LogP contribution in [-0.4, -0.2) is 31.6 Å². The molecule has 1 unspecified atom stereocenters. The van der Waals surface area contributed by atoms with Gasteiger partial charge in [-0.05, 0) is 12.8 Å². The molecule has 0 spiro atoms. The van der Waals surface area contributed by atoms with E-state index in [0.29, 0.717) is 13.0 Å². The molecule has 0 aromatic rings. The fourth-order valence-corrected chi connectivity index (χ4v) is 1.25. The van der Waals surface area contributed by atoms with E-state index in [-0.39, 0.29) is 12.3 Å². The minimum absolute atomic E-state index is 0.0598. The molecule has 0 aromatic heterocycles. The van der Waals surface area contributed by atoms with Crippen LogP contribution >= 0.6 is 0 Å². The zero-order valence-electron chi connectivity index (χ0n) is 10.1. The van der Waals surface area contributed by atoms with Gasteiger partial charge in [0, 0.05) is 13.0 Å². The largest absolute Gasteiger partial charge is 0.468 e. The van der Waals surface area contributed by atoms with E-state index in [0.717, 1.165) is 19.3 Å². The first kappa shape index (κ1) is 14.9. The number of carbonyl (C=O) groups is 2. The highest BCUT2D eigenvalue weighted by Gasteiger charge is 2.14. The number of nitrogens with two attached hydrogens (primary N) is 1. The molecule has 0 heterocycles. The van der Waals surface area contributed by atoms with Gasteiger partial charge in [-0.1, -0.05) is 19.8 Å². The number of esters is 1. The Morgan fingerprint density at radius 2 is 2.06 bits per heavy atom. The first-order chi connectivity index (χ1) is 7.61. The van der Waals surface area contributed by atoms with Crippen molar-refractivity contribution in [2.75, 3.05) is 13.7 Å². The third kappa shape index (κ3) is 7.23. The number of unbranched alkanes of at least 4 members (excludes halogenated alkanes) is 2. The maximum absolute atomic E-state index is 11.3. The van der Waals surface area contributed by atoms with Crippen LogP contribution in [0.4, 0.5) is 0 Å². The van der Waals surface area contributed by atoms with E-state index in [9.17, 15) is 9.59 Å². The second-order valence-electron chi connectivity index (χ2n) is 3.73. The molecule has 94 valence electrons. The molecule has 3 N–H and O–H groups in total. The first-order valence-corrected chi connectivity index (χ1v) is 5.72. The number of hydrogen-bond donors (Lipinski definition) is 2. The van der Waals surface area contributed by atoms with Gasteiger partial charge in [0.15, 0.2) is 0 Å². The van der Waals surface area contributed by atoms with Gasteiger partial charge in [-0.15, -0.1) is 0 Å². The minimum Gasteiger partial charge on any atom is -0.468 e. The summed E-state index contributed by atoms with van der Waals surface area (Å²) in [6.07, 6.45) is 3.82. The van der Waals surface area contributed by atoms with E-state index in [1.807, 2.05) is 0 Å². The molecule has 0 aliphatic heterocycles. The predicted octanol–water partition coefficient (Wildman–Crippen LogP) is 0.573. The summed E-state index contributed by atoms with van der Waals surface area (Å²) in [5, 5.41) is 2.78. The van der Waals surface area contributed by atoms with E-state index in [4.69, 9.17) is 5.73 Å². The van der Waals surface area contributed by atoms with Gasteiger partial charge in [-0.2, -0.15) is 0 Å². The summed E-state index contributed by atoms with van der Waals surface area (Å²) in [7, 11) is 1.28. The lowest BCUT2D eigenvalue weighted by atomic mass is 10.1. The van der Waals surface area contributed by atoms with Crippen LogP contribution in [0.3, 0.4) is 0 Å². The number of rotatable bonds is 8. The van der Waals surface area contributed by atoms with E-state index in [1.54, 1.807) is 0 Å². The summed E-state index contributed by atoms with van der Waals surface area (Å²) >= 11 is 0. The smallest absolute Gasteiger partial charge is 0.322 e. The predicted molar refractivity (Wildman–Crippen MR) is 61.8 cm³/mol. The van der Waals surface area contributed by atoms with Crippen molar-refractivity contribution in [3.05, 3.63) is 0 Å². The lowest BCUT2D eigenvalue weighted by Crippen LogP contribution is -2.34. The molecule has 1 atom stereocenters. The van der Waals surface area contributed by atoms with Crippen molar-refractivity contribution in [1.82, 2.24) is 5.32 Å². The maximum atomic E-state index is 11.3. The van der Waals surface area contributed by atoms with Gasteiger partial charge < -0.3 is 15.8 Å². The Balaban J connectivity index is 3.53. The number of amides is 1. The van der Waals surface area contributed by atoms with Crippen LogP contribution in [0.2, 0.25) is 0 Å². The van der Waals surface area contributed by atoms with E-state index in [1.165, 1.54) is 7.11 Å². The Morgan fingerprint density at radius 3 is 2.62 bits per heavy atom. The molecule has 16 heavy (non-hydrogen) atoms. The summed E-state index contributed by atoms with van der Waals surface area (Å²) in [6.45, 7) is 2.80.